The SMILES string of the molecule is CC(=O)C1CCCC2c3ccccc3C(C)(C)C12.CC(=O)c1cc2c(cc1C)C(C)(C(C)C)C(C)C2(C)C.CC1C(C)(C)C2=C(C(=O)CCC2)C1(C)C.CC1COC(C)(c2ccc3c(c2)C(C)(C)CCC3(C)C)O1.CC1COCc2cc3c(cc21)C(C)(C)CCC3(C)C.Cc1cc2c(c3c1C(=O)CC3C)C(C)(C)CC2(C)C. The van der Waals surface area contributed by atoms with E-state index in [1.54, 1.807) is 25.0 Å². The van der Waals surface area contributed by atoms with Crippen LogP contribution in [0.2, 0.25) is 0 Å². The molecule has 9 aliphatic carbocycles. The number of ketones is 4. The first-order valence-electron chi connectivity index (χ1n) is 44.0. The van der Waals surface area contributed by atoms with Crippen molar-refractivity contribution in [3.63, 3.8) is 0 Å². The third kappa shape index (κ3) is 15.2. The number of fused-ring (bicyclic) bond motifs is 10. The number of ether oxygens (including phenoxy) is 3. The van der Waals surface area contributed by atoms with E-state index < -0.39 is 5.79 Å². The van der Waals surface area contributed by atoms with Crippen molar-refractivity contribution in [2.24, 2.45) is 40.4 Å². The molecule has 0 radical (unpaired) electrons. The van der Waals surface area contributed by atoms with Gasteiger partial charge in [-0.25, -0.2) is 0 Å². The number of benzene rings is 5. The summed E-state index contributed by atoms with van der Waals surface area (Å²) < 4.78 is 17.7. The molecule has 5 aromatic carbocycles. The van der Waals surface area contributed by atoms with Crippen LogP contribution in [0.1, 0.15) is 419 Å². The molecule has 0 amide bonds. The van der Waals surface area contributed by atoms with E-state index >= 15 is 0 Å². The second-order valence-electron chi connectivity index (χ2n) is 44.4. The fourth-order valence-electron chi connectivity index (χ4n) is 24.5. The summed E-state index contributed by atoms with van der Waals surface area (Å²) in [6, 6.07) is 27.3. The van der Waals surface area contributed by atoms with Crippen LogP contribution in [-0.4, -0.2) is 42.5 Å². The summed E-state index contributed by atoms with van der Waals surface area (Å²) in [6.07, 6.45) is 13.6. The van der Waals surface area contributed by atoms with Crippen LogP contribution in [0.25, 0.3) is 0 Å². The molecule has 2 heterocycles. The minimum atomic E-state index is -0.591. The van der Waals surface area contributed by atoms with E-state index in [0.29, 0.717) is 82.6 Å². The Labute approximate surface area is 680 Å². The van der Waals surface area contributed by atoms with Crippen molar-refractivity contribution in [3.05, 3.63) is 184 Å². The molecule has 10 unspecified atom stereocenters. The first-order valence-corrected chi connectivity index (χ1v) is 44.0. The number of carbonyl (C=O) groups excluding carboxylic acids is 4. The molecule has 2 aliphatic heterocycles. The first-order chi connectivity index (χ1) is 51.5. The van der Waals surface area contributed by atoms with Crippen molar-refractivity contribution in [2.45, 2.75) is 391 Å². The molecule has 612 valence electrons. The van der Waals surface area contributed by atoms with Gasteiger partial charge in [0, 0.05) is 46.9 Å². The predicted octanol–water partition coefficient (Wildman–Crippen LogP) is 26.8. The molecule has 0 bridgehead atoms. The van der Waals surface area contributed by atoms with Crippen LogP contribution in [0.5, 0.6) is 0 Å². The van der Waals surface area contributed by atoms with Crippen LogP contribution in [-0.2, 0) is 84.9 Å². The lowest BCUT2D eigenvalue weighted by molar-refractivity contribution is -0.159. The Hall–Kier alpha value is -5.60. The molecule has 1 saturated carbocycles. The maximum absolute atomic E-state index is 12.3. The molecule has 0 aromatic heterocycles. The van der Waals surface area contributed by atoms with Crippen molar-refractivity contribution in [1.82, 2.24) is 0 Å². The Kier molecular flexibility index (Phi) is 23.4. The number of allylic oxidation sites excluding steroid dienone is 2. The molecule has 112 heavy (non-hydrogen) atoms. The third-order valence-corrected chi connectivity index (χ3v) is 32.3. The van der Waals surface area contributed by atoms with Crippen molar-refractivity contribution < 1.29 is 33.4 Å². The number of rotatable bonds is 4. The van der Waals surface area contributed by atoms with Gasteiger partial charge < -0.3 is 14.2 Å². The molecule has 0 spiro atoms. The minimum absolute atomic E-state index is 0.0797. The molecule has 16 rings (SSSR count). The van der Waals surface area contributed by atoms with E-state index in [-0.39, 0.29) is 66.5 Å². The number of carbonyl (C=O) groups is 4. The summed E-state index contributed by atoms with van der Waals surface area (Å²) in [6.45, 7) is 77.0. The Morgan fingerprint density at radius 1 is 0.500 bits per heavy atom. The van der Waals surface area contributed by atoms with Crippen LogP contribution in [0.3, 0.4) is 0 Å². The van der Waals surface area contributed by atoms with Gasteiger partial charge in [0.1, 0.15) is 5.78 Å². The molecule has 11 aliphatic rings. The molecule has 10 atom stereocenters. The topological polar surface area (TPSA) is 96.0 Å². The summed E-state index contributed by atoms with van der Waals surface area (Å²) in [5.74, 6) is 4.78. The summed E-state index contributed by atoms with van der Waals surface area (Å²) in [7, 11) is 0. The molecular formula is C105H150O7. The summed E-state index contributed by atoms with van der Waals surface area (Å²) in [5.41, 5.74) is 29.5. The van der Waals surface area contributed by atoms with Gasteiger partial charge >= 0.3 is 0 Å². The molecule has 2 fully saturated rings. The summed E-state index contributed by atoms with van der Waals surface area (Å²) in [4.78, 5) is 48.2. The molecule has 1 saturated heterocycles. The van der Waals surface area contributed by atoms with E-state index in [1.165, 1.54) is 123 Å². The highest BCUT2D eigenvalue weighted by atomic mass is 16.7. The molecule has 0 N–H and O–H groups in total. The maximum atomic E-state index is 12.3. The van der Waals surface area contributed by atoms with E-state index in [4.69, 9.17) is 14.2 Å². The summed E-state index contributed by atoms with van der Waals surface area (Å²) >= 11 is 0. The van der Waals surface area contributed by atoms with E-state index in [1.807, 2.05) is 6.92 Å². The molecule has 5 aromatic rings. The van der Waals surface area contributed by atoms with Gasteiger partial charge in [0.15, 0.2) is 23.1 Å². The molecule has 7 heteroatoms. The van der Waals surface area contributed by atoms with E-state index in [2.05, 4.69) is 281 Å². The normalized spacial score (nSPS) is 30.1. The van der Waals surface area contributed by atoms with Crippen LogP contribution in [0.15, 0.2) is 83.9 Å². The van der Waals surface area contributed by atoms with Gasteiger partial charge in [-0.2, -0.15) is 0 Å². The smallest absolute Gasteiger partial charge is 0.192 e. The van der Waals surface area contributed by atoms with Gasteiger partial charge in [0.2, 0.25) is 0 Å². The largest absolute Gasteiger partial charge is 0.376 e. The monoisotopic (exact) mass is 1520 g/mol. The lowest BCUT2D eigenvalue weighted by Crippen LogP contribution is -2.38. The average Bonchev–Trinajstić information content (AvgIpc) is 1.56. The highest BCUT2D eigenvalue weighted by Crippen LogP contribution is 2.63. The van der Waals surface area contributed by atoms with Crippen LogP contribution in [0.4, 0.5) is 0 Å². The molecular weight excluding hydrogens is 1370 g/mol. The Bertz CT molecular complexity index is 4520. The fraction of sp³-hybridized carbons (Fsp3) is 0.657. The standard InChI is InChI=1S/C19H28O2.C19H28O.C18H24O.C18H26O.C17H22O.C14H22O/c1-13-12-20-19(6,21-13)14-7-8-15-16(11-14)18(4,5)10-9-17(15,2)3;1-11(2)19(8)14(5)18(6,7)16-10-15(13(4)20)12(3)9-17(16)19;1-10-7-12-16(18(5,6)9-17(12,3)4)15-11(2)8-13(19)14(10)15;1-12-10-19-11-13-8-15-16(9-14(12)13)18(4,5)7-6-17(15,2)3;1-11(18)12-8-6-9-14-13-7-4-5-10-15(13)17(2,3)16(12)14;1-9-13(2,3)10-7-6-8-11(15)12(10)14(9,4)5/h7-8,11,13H,9-10,12H2,1-6H3;9-11,14H,1-8H3;7,11H,8-9H2,1-6H3;8-9,12H,6-7,10-11H2,1-5H3;4-5,7,10,12,14,16H,6,8-9H2,1-3H3;9H,6-8H2,1-5H3. The van der Waals surface area contributed by atoms with Crippen molar-refractivity contribution >= 4 is 23.1 Å². The number of hydrogen-bond donors (Lipinski definition) is 0. The van der Waals surface area contributed by atoms with Crippen molar-refractivity contribution in [2.75, 3.05) is 13.2 Å². The Morgan fingerprint density at radius 2 is 1.08 bits per heavy atom. The van der Waals surface area contributed by atoms with Crippen molar-refractivity contribution in [1.29, 1.82) is 0 Å². The minimum Gasteiger partial charge on any atom is -0.376 e. The highest BCUT2D eigenvalue weighted by molar-refractivity contribution is 6.03. The van der Waals surface area contributed by atoms with Crippen LogP contribution in [0, 0.1) is 54.3 Å². The van der Waals surface area contributed by atoms with Gasteiger partial charge in [0.05, 0.1) is 25.9 Å². The van der Waals surface area contributed by atoms with E-state index in [0.717, 1.165) is 61.2 Å². The fourth-order valence-corrected chi connectivity index (χ4v) is 24.5. The second kappa shape index (κ2) is 30.1. The second-order valence-corrected chi connectivity index (χ2v) is 44.4. The Morgan fingerprint density at radius 3 is 1.65 bits per heavy atom. The lowest BCUT2D eigenvalue weighted by Gasteiger charge is -2.43. The van der Waals surface area contributed by atoms with E-state index in [9.17, 15) is 19.2 Å². The molecule has 7 nitrogen and oxygen atoms in total. The highest BCUT2D eigenvalue weighted by Gasteiger charge is 2.56. The zero-order chi connectivity index (χ0) is 83.3. The van der Waals surface area contributed by atoms with Gasteiger partial charge in [-0.15, -0.1) is 0 Å². The quantitative estimate of drug-likeness (QED) is 0.165. The lowest BCUT2D eigenvalue weighted by atomic mass is 9.62. The number of aryl methyl sites for hydroxylation is 2. The van der Waals surface area contributed by atoms with Crippen LogP contribution < -0.4 is 0 Å². The van der Waals surface area contributed by atoms with Crippen LogP contribution >= 0.6 is 0 Å². The maximum Gasteiger partial charge on any atom is 0.192 e. The number of hydrogen-bond acceptors (Lipinski definition) is 7. The average molecular weight is 1520 g/mol. The van der Waals surface area contributed by atoms with Crippen molar-refractivity contribution in [3.8, 4) is 0 Å². The predicted molar refractivity (Wildman–Crippen MR) is 466 cm³/mol. The Balaban J connectivity index is 0.000000133. The summed E-state index contributed by atoms with van der Waals surface area (Å²) in [5, 5.41) is 0. The first kappa shape index (κ1) is 87.2. The zero-order valence-electron chi connectivity index (χ0n) is 76.6. The zero-order valence-corrected chi connectivity index (χ0v) is 76.6. The van der Waals surface area contributed by atoms with Gasteiger partial charge in [0.25, 0.3) is 0 Å². The van der Waals surface area contributed by atoms with Gasteiger partial charge in [-0.1, -0.05) is 260 Å². The third-order valence-electron chi connectivity index (χ3n) is 32.3. The number of Topliss-reactive ketones (excluding diaryl/α,β-unsaturated/α-hetero) is 4. The van der Waals surface area contributed by atoms with Gasteiger partial charge in [-0.3, -0.25) is 19.2 Å². The van der Waals surface area contributed by atoms with Gasteiger partial charge in [-0.05, 0) is 290 Å².